The van der Waals surface area contributed by atoms with Crippen molar-refractivity contribution in [1.82, 2.24) is 14.8 Å². The first-order valence-electron chi connectivity index (χ1n) is 10.1. The van der Waals surface area contributed by atoms with E-state index < -0.39 is 0 Å². The molecule has 4 aromatic rings. The van der Waals surface area contributed by atoms with Gasteiger partial charge in [0, 0.05) is 16.9 Å². The number of amides is 1. The van der Waals surface area contributed by atoms with Crippen LogP contribution in [0.4, 0.5) is 5.69 Å². The summed E-state index contributed by atoms with van der Waals surface area (Å²) in [6.07, 6.45) is 0. The summed E-state index contributed by atoms with van der Waals surface area (Å²) in [4.78, 5) is 12.6. The molecular formula is C25H24N4OS. The highest BCUT2D eigenvalue weighted by atomic mass is 32.2. The number of hydrogen-bond donors (Lipinski definition) is 1. The predicted octanol–water partition coefficient (Wildman–Crippen LogP) is 5.59. The van der Waals surface area contributed by atoms with Crippen LogP contribution in [0.3, 0.4) is 0 Å². The lowest BCUT2D eigenvalue weighted by Crippen LogP contribution is -2.14. The van der Waals surface area contributed by atoms with Gasteiger partial charge in [-0.15, -0.1) is 10.2 Å². The molecule has 1 N–H and O–H groups in total. The third kappa shape index (κ3) is 5.03. The van der Waals surface area contributed by atoms with E-state index in [9.17, 15) is 4.79 Å². The largest absolute Gasteiger partial charge is 0.325 e. The molecular weight excluding hydrogens is 404 g/mol. The normalized spacial score (nSPS) is 10.8. The number of thioether (sulfide) groups is 1. The van der Waals surface area contributed by atoms with E-state index in [0.29, 0.717) is 5.16 Å². The molecule has 0 fully saturated rings. The lowest BCUT2D eigenvalue weighted by atomic mass is 10.1. The molecule has 0 atom stereocenters. The average Bonchev–Trinajstić information content (AvgIpc) is 3.16. The molecule has 0 aliphatic heterocycles. The summed E-state index contributed by atoms with van der Waals surface area (Å²) >= 11 is 1.37. The van der Waals surface area contributed by atoms with Crippen LogP contribution in [0.1, 0.15) is 16.7 Å². The van der Waals surface area contributed by atoms with E-state index in [2.05, 4.69) is 40.6 Å². The zero-order valence-electron chi connectivity index (χ0n) is 17.8. The van der Waals surface area contributed by atoms with Crippen molar-refractivity contribution >= 4 is 23.4 Å². The van der Waals surface area contributed by atoms with Crippen LogP contribution in [-0.4, -0.2) is 26.4 Å². The van der Waals surface area contributed by atoms with Gasteiger partial charge in [-0.25, -0.2) is 0 Å². The molecule has 0 aliphatic carbocycles. The fourth-order valence-corrected chi connectivity index (χ4v) is 4.27. The minimum atomic E-state index is -0.0743. The minimum Gasteiger partial charge on any atom is -0.325 e. The number of anilines is 1. The van der Waals surface area contributed by atoms with Crippen LogP contribution in [-0.2, 0) is 4.79 Å². The number of benzene rings is 3. The Hall–Kier alpha value is -3.38. The first-order valence-corrected chi connectivity index (χ1v) is 11.1. The van der Waals surface area contributed by atoms with E-state index in [1.807, 2.05) is 73.0 Å². The molecule has 6 heteroatoms. The van der Waals surface area contributed by atoms with Crippen molar-refractivity contribution in [3.8, 4) is 17.1 Å². The topological polar surface area (TPSA) is 59.8 Å². The van der Waals surface area contributed by atoms with Crippen LogP contribution in [0.5, 0.6) is 0 Å². The monoisotopic (exact) mass is 428 g/mol. The van der Waals surface area contributed by atoms with Crippen LogP contribution in [0, 0.1) is 20.8 Å². The first kappa shape index (κ1) is 20.9. The number of carbonyl (C=O) groups excluding carboxylic acids is 1. The quantitative estimate of drug-likeness (QED) is 0.407. The Morgan fingerprint density at radius 3 is 2.32 bits per heavy atom. The second-order valence-electron chi connectivity index (χ2n) is 7.56. The standard InChI is InChI=1S/C25H24N4OS/c1-17-8-7-9-20(13-17)24-27-28-25(29(24)22-10-5-4-6-11-22)31-16-23(30)26-21-14-18(2)12-19(3)15-21/h4-15H,16H2,1-3H3,(H,26,30). The van der Waals surface area contributed by atoms with Crippen molar-refractivity contribution in [2.24, 2.45) is 0 Å². The van der Waals surface area contributed by atoms with E-state index in [1.165, 1.54) is 11.8 Å². The van der Waals surface area contributed by atoms with Gasteiger partial charge in [0.05, 0.1) is 5.75 Å². The highest BCUT2D eigenvalue weighted by Gasteiger charge is 2.17. The molecule has 31 heavy (non-hydrogen) atoms. The highest BCUT2D eigenvalue weighted by molar-refractivity contribution is 7.99. The van der Waals surface area contributed by atoms with Crippen molar-refractivity contribution in [1.29, 1.82) is 0 Å². The summed E-state index contributed by atoms with van der Waals surface area (Å²) in [5.41, 5.74) is 6.16. The van der Waals surface area contributed by atoms with Gasteiger partial charge < -0.3 is 5.32 Å². The maximum absolute atomic E-state index is 12.6. The molecule has 0 saturated heterocycles. The Kier molecular flexibility index (Phi) is 6.18. The Balaban J connectivity index is 1.59. The van der Waals surface area contributed by atoms with Gasteiger partial charge in [-0.2, -0.15) is 0 Å². The minimum absolute atomic E-state index is 0.0743. The molecule has 3 aromatic carbocycles. The van der Waals surface area contributed by atoms with E-state index >= 15 is 0 Å². The molecule has 1 amide bonds. The average molecular weight is 429 g/mol. The fraction of sp³-hybridized carbons (Fsp3) is 0.160. The Bertz CT molecular complexity index is 1200. The lowest BCUT2D eigenvalue weighted by molar-refractivity contribution is -0.113. The van der Waals surface area contributed by atoms with Crippen LogP contribution in [0.15, 0.2) is 78.0 Å². The van der Waals surface area contributed by atoms with Crippen molar-refractivity contribution in [2.75, 3.05) is 11.1 Å². The molecule has 4 rings (SSSR count). The van der Waals surface area contributed by atoms with Gasteiger partial charge in [-0.1, -0.05) is 59.8 Å². The van der Waals surface area contributed by atoms with Gasteiger partial charge in [0.15, 0.2) is 11.0 Å². The number of nitrogens with zero attached hydrogens (tertiary/aromatic N) is 3. The van der Waals surface area contributed by atoms with Gasteiger partial charge in [0.2, 0.25) is 5.91 Å². The molecule has 1 aromatic heterocycles. The van der Waals surface area contributed by atoms with E-state index in [4.69, 9.17) is 0 Å². The Labute approximate surface area is 186 Å². The maximum Gasteiger partial charge on any atom is 0.234 e. The van der Waals surface area contributed by atoms with E-state index in [0.717, 1.165) is 39.5 Å². The molecule has 0 saturated carbocycles. The molecule has 0 spiro atoms. The SMILES string of the molecule is Cc1cc(C)cc(NC(=O)CSc2nnc(-c3cccc(C)c3)n2-c2ccccc2)c1. The van der Waals surface area contributed by atoms with Gasteiger partial charge in [0.25, 0.3) is 0 Å². The lowest BCUT2D eigenvalue weighted by Gasteiger charge is -2.11. The third-order valence-corrected chi connectivity index (χ3v) is 5.69. The summed E-state index contributed by atoms with van der Waals surface area (Å²) < 4.78 is 2.00. The predicted molar refractivity (Wildman–Crippen MR) is 127 cm³/mol. The summed E-state index contributed by atoms with van der Waals surface area (Å²) in [5.74, 6) is 0.924. The number of hydrogen-bond acceptors (Lipinski definition) is 4. The van der Waals surface area contributed by atoms with Crippen molar-refractivity contribution in [2.45, 2.75) is 25.9 Å². The highest BCUT2D eigenvalue weighted by Crippen LogP contribution is 2.28. The van der Waals surface area contributed by atoms with Crippen LogP contribution in [0.25, 0.3) is 17.1 Å². The number of aromatic nitrogens is 3. The van der Waals surface area contributed by atoms with Crippen molar-refractivity contribution in [3.05, 3.63) is 89.5 Å². The molecule has 156 valence electrons. The summed E-state index contributed by atoms with van der Waals surface area (Å²) in [6, 6.07) is 24.2. The van der Waals surface area contributed by atoms with Gasteiger partial charge in [-0.05, 0) is 62.2 Å². The molecule has 0 bridgehead atoms. The number of carbonyl (C=O) groups is 1. The second kappa shape index (κ2) is 9.18. The number of nitrogens with one attached hydrogen (secondary N) is 1. The Morgan fingerprint density at radius 2 is 1.61 bits per heavy atom. The summed E-state index contributed by atoms with van der Waals surface area (Å²) in [7, 11) is 0. The van der Waals surface area contributed by atoms with E-state index in [1.54, 1.807) is 0 Å². The van der Waals surface area contributed by atoms with Crippen LogP contribution in [0.2, 0.25) is 0 Å². The first-order chi connectivity index (χ1) is 15.0. The van der Waals surface area contributed by atoms with Crippen molar-refractivity contribution in [3.63, 3.8) is 0 Å². The van der Waals surface area contributed by atoms with Crippen LogP contribution < -0.4 is 5.32 Å². The smallest absolute Gasteiger partial charge is 0.234 e. The molecule has 0 unspecified atom stereocenters. The maximum atomic E-state index is 12.6. The number of rotatable bonds is 6. The van der Waals surface area contributed by atoms with E-state index in [-0.39, 0.29) is 11.7 Å². The fourth-order valence-electron chi connectivity index (χ4n) is 3.52. The number of para-hydroxylation sites is 1. The zero-order chi connectivity index (χ0) is 21.8. The number of aryl methyl sites for hydroxylation is 3. The molecule has 0 radical (unpaired) electrons. The molecule has 1 heterocycles. The van der Waals surface area contributed by atoms with Crippen LogP contribution >= 0.6 is 11.8 Å². The molecule has 0 aliphatic rings. The summed E-state index contributed by atoms with van der Waals surface area (Å²) in [6.45, 7) is 6.10. The van der Waals surface area contributed by atoms with Gasteiger partial charge in [-0.3, -0.25) is 9.36 Å². The van der Waals surface area contributed by atoms with Gasteiger partial charge in [0.1, 0.15) is 0 Å². The Morgan fingerprint density at radius 1 is 0.871 bits per heavy atom. The zero-order valence-corrected chi connectivity index (χ0v) is 18.6. The van der Waals surface area contributed by atoms with Crippen molar-refractivity contribution < 1.29 is 4.79 Å². The second-order valence-corrected chi connectivity index (χ2v) is 8.50. The molecule has 5 nitrogen and oxygen atoms in total. The summed E-state index contributed by atoms with van der Waals surface area (Å²) in [5, 5.41) is 12.5. The third-order valence-electron chi connectivity index (χ3n) is 4.76. The van der Waals surface area contributed by atoms with Gasteiger partial charge >= 0.3 is 0 Å².